The minimum Gasteiger partial charge on any atom is -0.456 e. The number of hydrogen-bond acceptors (Lipinski definition) is 8. The Balaban J connectivity index is 1.23. The third kappa shape index (κ3) is 5.76. The van der Waals surface area contributed by atoms with Gasteiger partial charge in [-0.15, -0.1) is 0 Å². The van der Waals surface area contributed by atoms with Gasteiger partial charge in [-0.3, -0.25) is 14.4 Å². The summed E-state index contributed by atoms with van der Waals surface area (Å²) in [5, 5.41) is 13.2. The number of para-hydroxylation sites is 1. The molecule has 0 atom stereocenters. The maximum atomic E-state index is 12.3. The molecule has 0 bridgehead atoms. The average molecular weight is 440 g/mol. The van der Waals surface area contributed by atoms with Gasteiger partial charge in [-0.05, 0) is 36.4 Å². The second-order valence-corrected chi connectivity index (χ2v) is 7.81. The Labute approximate surface area is 181 Å². The highest BCUT2D eigenvalue weighted by Gasteiger charge is 2.25. The summed E-state index contributed by atoms with van der Waals surface area (Å²) in [4.78, 5) is 40.7. The molecule has 1 aromatic carbocycles. The summed E-state index contributed by atoms with van der Waals surface area (Å²) < 4.78 is 10.1. The number of nitrogens with zero attached hydrogens (tertiary/aromatic N) is 2. The Kier molecular flexibility index (Phi) is 6.37. The monoisotopic (exact) mass is 440 g/mol. The number of ether oxygens (including phenoxy) is 1. The summed E-state index contributed by atoms with van der Waals surface area (Å²) >= 11 is 1.52. The van der Waals surface area contributed by atoms with E-state index < -0.39 is 18.5 Å². The van der Waals surface area contributed by atoms with E-state index in [0.29, 0.717) is 23.0 Å². The van der Waals surface area contributed by atoms with Crippen molar-refractivity contribution >= 4 is 34.8 Å². The number of amides is 2. The Morgan fingerprint density at radius 3 is 2.81 bits per heavy atom. The minimum atomic E-state index is -0.565. The molecule has 31 heavy (non-hydrogen) atoms. The van der Waals surface area contributed by atoms with Crippen molar-refractivity contribution in [1.82, 2.24) is 15.5 Å². The quantitative estimate of drug-likeness (QED) is 0.490. The van der Waals surface area contributed by atoms with Crippen LogP contribution in [-0.4, -0.2) is 40.6 Å². The van der Waals surface area contributed by atoms with Gasteiger partial charge >= 0.3 is 5.97 Å². The minimum absolute atomic E-state index is 0.00106. The molecule has 2 N–H and O–H groups in total. The number of carbonyl (C=O) groups excluding carboxylic acids is 3. The summed E-state index contributed by atoms with van der Waals surface area (Å²) in [6.45, 7) is -0.457. The topological polar surface area (TPSA) is 123 Å². The third-order valence-electron chi connectivity index (χ3n) is 4.51. The second kappa shape index (κ2) is 9.52. The highest BCUT2D eigenvalue weighted by Crippen LogP contribution is 2.22. The van der Waals surface area contributed by atoms with Crippen LogP contribution in [0.5, 0.6) is 0 Å². The molecule has 0 aliphatic heterocycles. The number of nitrogens with one attached hydrogen (secondary N) is 2. The molecule has 1 fully saturated rings. The van der Waals surface area contributed by atoms with E-state index in [9.17, 15) is 14.4 Å². The van der Waals surface area contributed by atoms with Crippen LogP contribution < -0.4 is 10.6 Å². The molecule has 160 valence electrons. The number of anilines is 1. The molecule has 3 aromatic rings. The van der Waals surface area contributed by atoms with Crippen LogP contribution in [0.25, 0.3) is 11.4 Å². The first kappa shape index (κ1) is 20.7. The molecule has 0 unspecified atom stereocenters. The van der Waals surface area contributed by atoms with Gasteiger partial charge in [0.2, 0.25) is 11.7 Å². The maximum absolute atomic E-state index is 12.3. The lowest BCUT2D eigenvalue weighted by Crippen LogP contribution is -2.28. The number of benzene rings is 1. The van der Waals surface area contributed by atoms with Gasteiger partial charge in [0.05, 0.1) is 17.7 Å². The van der Waals surface area contributed by atoms with Crippen molar-refractivity contribution in [3.8, 4) is 11.4 Å². The lowest BCUT2D eigenvalue weighted by Gasteiger charge is -2.11. The van der Waals surface area contributed by atoms with E-state index in [1.807, 2.05) is 16.8 Å². The van der Waals surface area contributed by atoms with Crippen molar-refractivity contribution in [3.05, 3.63) is 52.5 Å². The van der Waals surface area contributed by atoms with Gasteiger partial charge in [-0.1, -0.05) is 17.3 Å². The van der Waals surface area contributed by atoms with Crippen molar-refractivity contribution in [2.24, 2.45) is 0 Å². The van der Waals surface area contributed by atoms with Crippen molar-refractivity contribution in [2.45, 2.75) is 31.7 Å². The second-order valence-electron chi connectivity index (χ2n) is 7.03. The average Bonchev–Trinajstić information content (AvgIpc) is 3.22. The Bertz CT molecular complexity index is 1080. The molecule has 4 rings (SSSR count). The smallest absolute Gasteiger partial charge is 0.306 e. The Morgan fingerprint density at radius 2 is 2.03 bits per heavy atom. The fourth-order valence-electron chi connectivity index (χ4n) is 2.76. The van der Waals surface area contributed by atoms with Gasteiger partial charge in [0.25, 0.3) is 11.8 Å². The van der Waals surface area contributed by atoms with Gasteiger partial charge in [-0.2, -0.15) is 16.3 Å². The molecule has 1 saturated carbocycles. The highest BCUT2D eigenvalue weighted by atomic mass is 32.1. The third-order valence-corrected chi connectivity index (χ3v) is 5.20. The van der Waals surface area contributed by atoms with Crippen LogP contribution in [0.1, 0.15) is 35.5 Å². The Morgan fingerprint density at radius 1 is 1.19 bits per heavy atom. The lowest BCUT2D eigenvalue weighted by molar-refractivity contribution is -0.147. The van der Waals surface area contributed by atoms with Crippen LogP contribution in [-0.2, 0) is 20.7 Å². The van der Waals surface area contributed by atoms with Gasteiger partial charge < -0.3 is 19.9 Å². The van der Waals surface area contributed by atoms with Gasteiger partial charge in [0.1, 0.15) is 0 Å². The van der Waals surface area contributed by atoms with E-state index in [1.165, 1.54) is 11.3 Å². The van der Waals surface area contributed by atoms with Gasteiger partial charge in [-0.25, -0.2) is 0 Å². The van der Waals surface area contributed by atoms with E-state index in [4.69, 9.17) is 9.26 Å². The molecule has 2 heterocycles. The van der Waals surface area contributed by atoms with Crippen molar-refractivity contribution in [1.29, 1.82) is 0 Å². The first-order valence-electron chi connectivity index (χ1n) is 9.79. The molecule has 0 saturated heterocycles. The Hall–Kier alpha value is -3.53. The molecule has 2 aromatic heterocycles. The van der Waals surface area contributed by atoms with Crippen LogP contribution in [0.3, 0.4) is 0 Å². The number of rotatable bonds is 9. The molecular formula is C21H20N4O5S. The molecule has 2 amide bonds. The summed E-state index contributed by atoms with van der Waals surface area (Å²) in [7, 11) is 0. The first-order chi connectivity index (χ1) is 15.1. The summed E-state index contributed by atoms with van der Waals surface area (Å²) in [5.74, 6) is -0.550. The number of aryl methyl sites for hydroxylation is 1. The van der Waals surface area contributed by atoms with Crippen molar-refractivity contribution in [3.63, 3.8) is 0 Å². The maximum Gasteiger partial charge on any atom is 0.306 e. The zero-order chi connectivity index (χ0) is 21.6. The van der Waals surface area contributed by atoms with E-state index in [0.717, 1.165) is 18.4 Å². The summed E-state index contributed by atoms with van der Waals surface area (Å²) in [5.41, 5.74) is 1.59. The van der Waals surface area contributed by atoms with E-state index >= 15 is 0 Å². The predicted molar refractivity (Wildman–Crippen MR) is 112 cm³/mol. The largest absolute Gasteiger partial charge is 0.456 e. The van der Waals surface area contributed by atoms with Crippen molar-refractivity contribution in [2.75, 3.05) is 11.9 Å². The molecule has 0 radical (unpaired) electrons. The SMILES string of the molecule is O=C(COC(=O)CCc1nc(-c2ccsc2)no1)Nc1ccccc1C(=O)NC1CC1. The van der Waals surface area contributed by atoms with Crippen LogP contribution in [0.2, 0.25) is 0 Å². The molecule has 1 aliphatic carbocycles. The number of esters is 1. The van der Waals surface area contributed by atoms with Crippen LogP contribution >= 0.6 is 11.3 Å². The van der Waals surface area contributed by atoms with Gasteiger partial charge in [0.15, 0.2) is 6.61 Å². The van der Waals surface area contributed by atoms with Crippen LogP contribution in [0.4, 0.5) is 5.69 Å². The molecule has 10 heteroatoms. The lowest BCUT2D eigenvalue weighted by atomic mass is 10.1. The fraction of sp³-hybridized carbons (Fsp3) is 0.286. The molecule has 9 nitrogen and oxygen atoms in total. The highest BCUT2D eigenvalue weighted by molar-refractivity contribution is 7.08. The van der Waals surface area contributed by atoms with Crippen molar-refractivity contribution < 1.29 is 23.6 Å². The number of carbonyl (C=O) groups is 3. The molecule has 0 spiro atoms. The number of aromatic nitrogens is 2. The zero-order valence-corrected chi connectivity index (χ0v) is 17.3. The van der Waals surface area contributed by atoms with E-state index in [2.05, 4.69) is 20.8 Å². The predicted octanol–water partition coefficient (Wildman–Crippen LogP) is 2.80. The normalized spacial score (nSPS) is 12.9. The summed E-state index contributed by atoms with van der Waals surface area (Å²) in [6, 6.07) is 8.77. The van der Waals surface area contributed by atoms with Gasteiger partial charge in [0, 0.05) is 23.4 Å². The van der Waals surface area contributed by atoms with Crippen LogP contribution in [0.15, 0.2) is 45.6 Å². The zero-order valence-electron chi connectivity index (χ0n) is 16.5. The number of hydrogen-bond donors (Lipinski definition) is 2. The van der Waals surface area contributed by atoms with E-state index in [1.54, 1.807) is 24.3 Å². The van der Waals surface area contributed by atoms with Crippen LogP contribution in [0, 0.1) is 0 Å². The standard InChI is InChI=1S/C21H20N4O5S/c26-17(23-16-4-2-1-3-15(16)21(28)22-14-5-6-14)11-29-19(27)8-7-18-24-20(25-30-18)13-9-10-31-12-13/h1-4,9-10,12,14H,5-8,11H2,(H,22,28)(H,23,26). The summed E-state index contributed by atoms with van der Waals surface area (Å²) in [6.07, 6.45) is 2.14. The fourth-order valence-corrected chi connectivity index (χ4v) is 3.39. The number of thiophene rings is 1. The molecule has 1 aliphatic rings. The molecular weight excluding hydrogens is 420 g/mol. The first-order valence-corrected chi connectivity index (χ1v) is 10.7. The van der Waals surface area contributed by atoms with E-state index in [-0.39, 0.29) is 24.8 Å².